The number of carbonyl (C=O) groups is 1. The number of guanidine groups is 1. The highest BCUT2D eigenvalue weighted by Crippen LogP contribution is 2.10. The highest BCUT2D eigenvalue weighted by molar-refractivity contribution is 5.81. The molecule has 6 heteroatoms. The minimum absolute atomic E-state index is 0.294. The van der Waals surface area contributed by atoms with Gasteiger partial charge in [-0.05, 0) is 37.5 Å². The van der Waals surface area contributed by atoms with E-state index in [2.05, 4.69) is 22.5 Å². The van der Waals surface area contributed by atoms with Crippen LogP contribution in [0.2, 0.25) is 0 Å². The fourth-order valence-electron chi connectivity index (χ4n) is 2.09. The van der Waals surface area contributed by atoms with Gasteiger partial charge in [-0.25, -0.2) is 4.39 Å². The maximum Gasteiger partial charge on any atom is 0.222 e. The molecule has 1 atom stereocenters. The Balaban J connectivity index is 2.66. The summed E-state index contributed by atoms with van der Waals surface area (Å²) in [4.78, 5) is 16.1. The van der Waals surface area contributed by atoms with Crippen LogP contribution in [0.25, 0.3) is 0 Å². The number of carbonyl (C=O) groups excluding carboxylic acids is 1. The number of amides is 1. The lowest BCUT2D eigenvalue weighted by Gasteiger charge is -2.14. The van der Waals surface area contributed by atoms with Gasteiger partial charge in [0, 0.05) is 13.1 Å². The molecule has 0 aliphatic rings. The molecule has 4 N–H and O–H groups in total. The number of benzene rings is 1. The van der Waals surface area contributed by atoms with E-state index in [-0.39, 0.29) is 5.82 Å². The van der Waals surface area contributed by atoms with Crippen molar-refractivity contribution in [3.05, 3.63) is 35.6 Å². The predicted octanol–water partition coefficient (Wildman–Crippen LogP) is 1.82. The summed E-state index contributed by atoms with van der Waals surface area (Å²) >= 11 is 0. The Morgan fingerprint density at radius 1 is 1.26 bits per heavy atom. The van der Waals surface area contributed by atoms with Gasteiger partial charge in [-0.2, -0.15) is 0 Å². The van der Waals surface area contributed by atoms with Crippen LogP contribution in [0.3, 0.4) is 0 Å². The van der Waals surface area contributed by atoms with E-state index < -0.39 is 11.8 Å². The second-order valence-corrected chi connectivity index (χ2v) is 5.43. The third kappa shape index (κ3) is 7.63. The lowest BCUT2D eigenvalue weighted by Crippen LogP contribution is -2.39. The topological polar surface area (TPSA) is 79.5 Å². The quantitative estimate of drug-likeness (QED) is 0.369. The van der Waals surface area contributed by atoms with Crippen LogP contribution in [0.1, 0.15) is 32.3 Å². The molecule has 1 aromatic carbocycles. The highest BCUT2D eigenvalue weighted by Gasteiger charge is 2.16. The Kier molecular flexibility index (Phi) is 8.72. The minimum atomic E-state index is -0.415. The molecule has 0 aromatic heterocycles. The van der Waals surface area contributed by atoms with Crippen LogP contribution in [0.4, 0.5) is 4.39 Å². The summed E-state index contributed by atoms with van der Waals surface area (Å²) in [6, 6.07) is 6.10. The highest BCUT2D eigenvalue weighted by atomic mass is 19.1. The first-order chi connectivity index (χ1) is 11.1. The van der Waals surface area contributed by atoms with Crippen LogP contribution in [0.5, 0.6) is 0 Å². The maximum atomic E-state index is 12.9. The van der Waals surface area contributed by atoms with Crippen LogP contribution in [0.15, 0.2) is 29.3 Å². The molecule has 0 saturated carbocycles. The summed E-state index contributed by atoms with van der Waals surface area (Å²) in [5.74, 6) is -0.423. The smallest absolute Gasteiger partial charge is 0.222 e. The van der Waals surface area contributed by atoms with E-state index in [1.54, 1.807) is 12.1 Å². The van der Waals surface area contributed by atoms with Crippen LogP contribution in [0, 0.1) is 11.7 Å². The molecule has 0 aliphatic heterocycles. The first-order valence-corrected chi connectivity index (χ1v) is 8.12. The van der Waals surface area contributed by atoms with Gasteiger partial charge in [-0.1, -0.05) is 25.5 Å². The van der Waals surface area contributed by atoms with E-state index in [9.17, 15) is 9.18 Å². The first-order valence-electron chi connectivity index (χ1n) is 8.12. The average molecular weight is 322 g/mol. The molecule has 1 unspecified atom stereocenters. The zero-order chi connectivity index (χ0) is 17.1. The fraction of sp³-hybridized carbons (Fsp3) is 0.529. The lowest BCUT2D eigenvalue weighted by molar-refractivity contribution is -0.121. The Labute approximate surface area is 137 Å². The number of rotatable bonds is 9. The zero-order valence-electron chi connectivity index (χ0n) is 13.9. The van der Waals surface area contributed by atoms with E-state index in [4.69, 9.17) is 5.73 Å². The number of nitrogens with one attached hydrogen (secondary N) is 2. The van der Waals surface area contributed by atoms with Gasteiger partial charge < -0.3 is 16.4 Å². The maximum absolute atomic E-state index is 12.9. The normalized spacial score (nSPS) is 12.7. The van der Waals surface area contributed by atoms with Crippen molar-refractivity contribution in [2.75, 3.05) is 19.6 Å². The molecular formula is C17H27FN4O. The summed E-state index contributed by atoms with van der Waals surface area (Å²) < 4.78 is 12.9. The lowest BCUT2D eigenvalue weighted by atomic mass is 9.99. The van der Waals surface area contributed by atoms with Gasteiger partial charge >= 0.3 is 0 Å². The van der Waals surface area contributed by atoms with Crippen LogP contribution in [-0.2, 0) is 11.2 Å². The molecular weight excluding hydrogens is 295 g/mol. The number of unbranched alkanes of at least 4 members (excludes halogenated alkanes) is 1. The minimum Gasteiger partial charge on any atom is -0.369 e. The molecule has 1 rings (SSSR count). The number of primary amides is 1. The van der Waals surface area contributed by atoms with Crippen molar-refractivity contribution in [1.29, 1.82) is 0 Å². The van der Waals surface area contributed by atoms with Crippen molar-refractivity contribution in [2.24, 2.45) is 16.6 Å². The summed E-state index contributed by atoms with van der Waals surface area (Å²) in [5, 5.41) is 6.37. The third-order valence-corrected chi connectivity index (χ3v) is 3.43. The number of hydrogen-bond donors (Lipinski definition) is 3. The molecule has 5 nitrogen and oxygen atoms in total. The number of halogens is 1. The molecule has 0 fully saturated rings. The van der Waals surface area contributed by atoms with Crippen LogP contribution in [-0.4, -0.2) is 31.5 Å². The molecule has 23 heavy (non-hydrogen) atoms. The monoisotopic (exact) mass is 322 g/mol. The van der Waals surface area contributed by atoms with Gasteiger partial charge in [-0.15, -0.1) is 0 Å². The summed E-state index contributed by atoms with van der Waals surface area (Å²) in [5.41, 5.74) is 6.34. The van der Waals surface area contributed by atoms with E-state index in [1.165, 1.54) is 12.1 Å². The molecule has 0 bridgehead atoms. The van der Waals surface area contributed by atoms with Crippen molar-refractivity contribution in [3.8, 4) is 0 Å². The second kappa shape index (κ2) is 10.6. The number of nitrogens with two attached hydrogens (primary N) is 1. The van der Waals surface area contributed by atoms with Gasteiger partial charge in [0.2, 0.25) is 5.91 Å². The fourth-order valence-corrected chi connectivity index (χ4v) is 2.09. The standard InChI is InChI=1S/C17H27FN4O/c1-3-5-10-21-17(20-4-2)22-12-14(16(19)23)11-13-6-8-15(18)9-7-13/h6-9,14H,3-5,10-12H2,1-2H3,(H2,19,23)(H2,20,21,22). The number of hydrogen-bond acceptors (Lipinski definition) is 2. The SMILES string of the molecule is CCCCNC(=NCC(Cc1ccc(F)cc1)C(N)=O)NCC. The van der Waals surface area contributed by atoms with Crippen molar-refractivity contribution in [1.82, 2.24) is 10.6 Å². The molecule has 0 radical (unpaired) electrons. The van der Waals surface area contributed by atoms with E-state index in [0.717, 1.165) is 31.5 Å². The van der Waals surface area contributed by atoms with Crippen molar-refractivity contribution in [2.45, 2.75) is 33.1 Å². The van der Waals surface area contributed by atoms with Gasteiger partial charge in [-0.3, -0.25) is 9.79 Å². The first kappa shape index (κ1) is 18.9. The van der Waals surface area contributed by atoms with Crippen molar-refractivity contribution < 1.29 is 9.18 Å². The Morgan fingerprint density at radius 2 is 1.96 bits per heavy atom. The molecule has 0 aliphatic carbocycles. The van der Waals surface area contributed by atoms with Gasteiger partial charge in [0.05, 0.1) is 12.5 Å². The van der Waals surface area contributed by atoms with Crippen molar-refractivity contribution in [3.63, 3.8) is 0 Å². The molecule has 0 spiro atoms. The molecule has 128 valence electrons. The summed E-state index contributed by atoms with van der Waals surface area (Å²) in [6.45, 7) is 5.99. The third-order valence-electron chi connectivity index (χ3n) is 3.43. The second-order valence-electron chi connectivity index (χ2n) is 5.43. The van der Waals surface area contributed by atoms with E-state index in [0.29, 0.717) is 18.9 Å². The van der Waals surface area contributed by atoms with Gasteiger partial charge in [0.1, 0.15) is 5.82 Å². The number of aliphatic imine (C=N–C) groups is 1. The molecule has 0 saturated heterocycles. The van der Waals surface area contributed by atoms with Gasteiger partial charge in [0.25, 0.3) is 0 Å². The molecule has 1 aromatic rings. The van der Waals surface area contributed by atoms with E-state index in [1.807, 2.05) is 6.92 Å². The van der Waals surface area contributed by atoms with Crippen molar-refractivity contribution >= 4 is 11.9 Å². The van der Waals surface area contributed by atoms with Crippen LogP contribution >= 0.6 is 0 Å². The summed E-state index contributed by atoms with van der Waals surface area (Å²) in [6.07, 6.45) is 2.60. The zero-order valence-corrected chi connectivity index (χ0v) is 13.9. The average Bonchev–Trinajstić information content (AvgIpc) is 2.53. The Bertz CT molecular complexity index is 502. The van der Waals surface area contributed by atoms with Gasteiger partial charge in [0.15, 0.2) is 5.96 Å². The Hall–Kier alpha value is -2.11. The number of nitrogens with zero attached hydrogens (tertiary/aromatic N) is 1. The Morgan fingerprint density at radius 3 is 2.52 bits per heavy atom. The largest absolute Gasteiger partial charge is 0.369 e. The van der Waals surface area contributed by atoms with Crippen LogP contribution < -0.4 is 16.4 Å². The summed E-state index contributed by atoms with van der Waals surface area (Å²) in [7, 11) is 0. The molecule has 0 heterocycles. The predicted molar refractivity (Wildman–Crippen MR) is 91.7 cm³/mol. The van der Waals surface area contributed by atoms with E-state index >= 15 is 0 Å². The molecule has 1 amide bonds.